The molecule has 2 aliphatic rings. The Morgan fingerprint density at radius 3 is 1.36 bits per heavy atom. The van der Waals surface area contributed by atoms with E-state index in [-0.39, 0.29) is 12.8 Å². The Hall–Kier alpha value is 1.52. The van der Waals surface area contributed by atoms with E-state index in [1.54, 1.807) is 12.2 Å². The number of halogens is 10. The highest BCUT2D eigenvalue weighted by molar-refractivity contribution is 9.13. The summed E-state index contributed by atoms with van der Waals surface area (Å²) in [6.07, 6.45) is -3.64. The van der Waals surface area contributed by atoms with Gasteiger partial charge in [0, 0.05) is 21.8 Å². The quantitative estimate of drug-likeness (QED) is 0.208. The van der Waals surface area contributed by atoms with E-state index >= 15 is 0 Å². The molecule has 2 aliphatic carbocycles. The molecule has 0 fully saturated rings. The molecule has 0 amide bonds. The fraction of sp³-hybridized carbons (Fsp3) is 0.429. The van der Waals surface area contributed by atoms with Crippen LogP contribution in [-0.4, -0.2) is 20.9 Å². The van der Waals surface area contributed by atoms with Crippen molar-refractivity contribution in [3.8, 4) is 0 Å². The van der Waals surface area contributed by atoms with Crippen LogP contribution in [0.4, 0.5) is 17.6 Å². The third-order valence-electron chi connectivity index (χ3n) is 3.40. The molecule has 25 heavy (non-hydrogen) atoms. The van der Waals surface area contributed by atoms with E-state index in [9.17, 15) is 17.6 Å². The fourth-order valence-electron chi connectivity index (χ4n) is 2.22. The molecule has 11 heteroatoms. The van der Waals surface area contributed by atoms with Crippen molar-refractivity contribution in [2.24, 2.45) is 0 Å². The first-order valence-corrected chi connectivity index (χ1v) is 11.3. The van der Waals surface area contributed by atoms with Gasteiger partial charge < -0.3 is 0 Å². The minimum atomic E-state index is -4.21. The van der Waals surface area contributed by atoms with E-state index < -0.39 is 20.9 Å². The molecule has 0 radical (unpaired) electrons. The van der Waals surface area contributed by atoms with Crippen LogP contribution in [0.1, 0.15) is 12.8 Å². The van der Waals surface area contributed by atoms with Crippen molar-refractivity contribution >= 4 is 95.6 Å². The Bertz CT molecular complexity index is 643. The van der Waals surface area contributed by atoms with Crippen molar-refractivity contribution in [1.29, 1.82) is 0 Å². The van der Waals surface area contributed by atoms with Gasteiger partial charge in [0.1, 0.15) is 8.65 Å². The van der Waals surface area contributed by atoms with Crippen LogP contribution in [0.25, 0.3) is 0 Å². The lowest BCUT2D eigenvalue weighted by molar-refractivity contribution is -0.386. The van der Waals surface area contributed by atoms with Crippen molar-refractivity contribution in [2.45, 2.75) is 33.7 Å². The standard InChI is InChI=1S/C14H8Br6F4O/c15-7-1-8(16)4-11(19,3-7)13(21,22)25-14(23,24)12(20)5-9(17)2-10(18)6-12/h1-3,5H,4,6H2. The zero-order valence-corrected chi connectivity index (χ0v) is 21.4. The van der Waals surface area contributed by atoms with E-state index in [1.807, 2.05) is 0 Å². The molecule has 0 aromatic carbocycles. The van der Waals surface area contributed by atoms with Gasteiger partial charge in [-0.25, -0.2) is 0 Å². The number of ether oxygens (including phenoxy) is 1. The first-order valence-electron chi connectivity index (χ1n) is 6.52. The second-order valence-corrected chi connectivity index (χ2v) is 12.2. The lowest BCUT2D eigenvalue weighted by Gasteiger charge is -2.41. The van der Waals surface area contributed by atoms with Gasteiger partial charge in [-0.15, -0.1) is 0 Å². The largest absolute Gasteiger partial charge is 0.379 e. The lowest BCUT2D eigenvalue weighted by atomic mass is 9.97. The van der Waals surface area contributed by atoms with Crippen LogP contribution < -0.4 is 0 Å². The summed E-state index contributed by atoms with van der Waals surface area (Å²) in [6.45, 7) is 0. The number of rotatable bonds is 4. The van der Waals surface area contributed by atoms with Gasteiger partial charge in [0.25, 0.3) is 0 Å². The van der Waals surface area contributed by atoms with E-state index in [1.165, 1.54) is 0 Å². The third-order valence-corrected chi connectivity index (χ3v) is 7.27. The van der Waals surface area contributed by atoms with Gasteiger partial charge in [-0.3, -0.25) is 4.74 Å². The minimum absolute atomic E-state index is 0.260. The van der Waals surface area contributed by atoms with E-state index in [0.29, 0.717) is 17.9 Å². The molecule has 0 aliphatic heterocycles. The molecule has 1 nitrogen and oxygen atoms in total. The second-order valence-electron chi connectivity index (χ2n) is 5.45. The van der Waals surface area contributed by atoms with Gasteiger partial charge in [-0.1, -0.05) is 95.6 Å². The average Bonchev–Trinajstić information content (AvgIpc) is 2.33. The van der Waals surface area contributed by atoms with Crippen molar-refractivity contribution in [1.82, 2.24) is 0 Å². The van der Waals surface area contributed by atoms with Crippen molar-refractivity contribution in [3.63, 3.8) is 0 Å². The monoisotopic (exact) mass is 742 g/mol. The predicted octanol–water partition coefficient (Wildman–Crippen LogP) is 8.38. The maximum Gasteiger partial charge on any atom is 0.379 e. The summed E-state index contributed by atoms with van der Waals surface area (Å²) in [5.74, 6) is 0. The smallest absolute Gasteiger partial charge is 0.252 e. The second kappa shape index (κ2) is 7.74. The van der Waals surface area contributed by atoms with Crippen LogP contribution in [0.15, 0.2) is 42.2 Å². The summed E-state index contributed by atoms with van der Waals surface area (Å²) in [4.78, 5) is 0. The maximum absolute atomic E-state index is 14.7. The summed E-state index contributed by atoms with van der Waals surface area (Å²) < 4.78 is 60.1. The predicted molar refractivity (Wildman–Crippen MR) is 112 cm³/mol. The molecule has 140 valence electrons. The van der Waals surface area contributed by atoms with Crippen LogP contribution in [0.3, 0.4) is 0 Å². The molecular weight excluding hydrogens is 740 g/mol. The van der Waals surface area contributed by atoms with Crippen LogP contribution in [0.2, 0.25) is 0 Å². The Morgan fingerprint density at radius 1 is 0.760 bits per heavy atom. The zero-order chi connectivity index (χ0) is 19.3. The summed E-state index contributed by atoms with van der Waals surface area (Å²) in [5.41, 5.74) is 0. The van der Waals surface area contributed by atoms with Crippen LogP contribution >= 0.6 is 95.6 Å². The first-order chi connectivity index (χ1) is 11.2. The zero-order valence-electron chi connectivity index (χ0n) is 11.9. The van der Waals surface area contributed by atoms with E-state index in [2.05, 4.69) is 100 Å². The number of alkyl halides is 6. The normalized spacial score (nSPS) is 31.1. The molecular formula is C14H8Br6F4O. The molecule has 2 rings (SSSR count). The van der Waals surface area contributed by atoms with Gasteiger partial charge in [0.05, 0.1) is 0 Å². The maximum atomic E-state index is 14.7. The molecule has 0 aromatic heterocycles. The molecule has 0 N–H and O–H groups in total. The van der Waals surface area contributed by atoms with Crippen LogP contribution in [-0.2, 0) is 4.74 Å². The SMILES string of the molecule is FC(F)(OC(F)(F)C1(Br)C=C(Br)C=C(Br)C1)C1(Br)C=C(Br)C=C(Br)C1. The van der Waals surface area contributed by atoms with Crippen molar-refractivity contribution in [2.75, 3.05) is 0 Å². The topological polar surface area (TPSA) is 9.23 Å². The van der Waals surface area contributed by atoms with Crippen molar-refractivity contribution in [3.05, 3.63) is 42.2 Å². The average molecular weight is 748 g/mol. The van der Waals surface area contributed by atoms with E-state index in [4.69, 9.17) is 0 Å². The fourth-order valence-corrected chi connectivity index (χ4v) is 8.17. The van der Waals surface area contributed by atoms with Gasteiger partial charge in [-0.2, -0.15) is 17.6 Å². The number of hydrogen-bond donors (Lipinski definition) is 0. The van der Waals surface area contributed by atoms with Gasteiger partial charge in [-0.05, 0) is 33.3 Å². The highest BCUT2D eigenvalue weighted by Gasteiger charge is 2.63. The molecule has 2 unspecified atom stereocenters. The first kappa shape index (κ1) is 22.8. The molecule has 0 bridgehead atoms. The molecule has 2 atom stereocenters. The Balaban J connectivity index is 2.33. The lowest BCUT2D eigenvalue weighted by Crippen LogP contribution is -2.54. The Kier molecular flexibility index (Phi) is 7.06. The molecule has 0 aromatic rings. The molecule has 0 saturated carbocycles. The summed E-state index contributed by atoms with van der Waals surface area (Å²) in [5, 5.41) is 0. The summed E-state index contributed by atoms with van der Waals surface area (Å²) in [7, 11) is 0. The van der Waals surface area contributed by atoms with Crippen molar-refractivity contribution < 1.29 is 22.3 Å². The molecule has 0 spiro atoms. The Labute approximate surface area is 192 Å². The minimum Gasteiger partial charge on any atom is -0.252 e. The van der Waals surface area contributed by atoms with Gasteiger partial charge >= 0.3 is 12.2 Å². The highest BCUT2D eigenvalue weighted by atomic mass is 79.9. The number of allylic oxidation sites excluding steroid dienone is 6. The van der Waals surface area contributed by atoms with E-state index in [0.717, 1.165) is 12.2 Å². The highest BCUT2D eigenvalue weighted by Crippen LogP contribution is 2.54. The van der Waals surface area contributed by atoms with Crippen LogP contribution in [0, 0.1) is 0 Å². The third kappa shape index (κ3) is 4.93. The molecule has 0 heterocycles. The van der Waals surface area contributed by atoms with Gasteiger partial charge in [0.15, 0.2) is 0 Å². The Morgan fingerprint density at radius 2 is 1.08 bits per heavy atom. The summed E-state index contributed by atoms with van der Waals surface area (Å²) >= 11 is 18.2. The summed E-state index contributed by atoms with van der Waals surface area (Å²) in [6, 6.07) is 0. The van der Waals surface area contributed by atoms with Gasteiger partial charge in [0.2, 0.25) is 0 Å². The molecule has 0 saturated heterocycles. The number of hydrogen-bond acceptors (Lipinski definition) is 1. The van der Waals surface area contributed by atoms with Crippen LogP contribution in [0.5, 0.6) is 0 Å².